The van der Waals surface area contributed by atoms with Gasteiger partial charge in [0.2, 0.25) is 0 Å². The molecule has 0 spiro atoms. The average molecular weight is 328 g/mol. The minimum atomic E-state index is -0.496. The third-order valence-electron chi connectivity index (χ3n) is 4.25. The maximum Gasteiger partial charge on any atom is 0.255 e. The lowest BCUT2D eigenvalue weighted by Crippen LogP contribution is -2.25. The number of nitrogens with one attached hydrogen (secondary N) is 1. The molecule has 0 heterocycles. The van der Waals surface area contributed by atoms with E-state index in [-0.39, 0.29) is 18.5 Å². The van der Waals surface area contributed by atoms with Crippen molar-refractivity contribution in [3.05, 3.63) is 65.0 Å². The fourth-order valence-corrected chi connectivity index (χ4v) is 3.14. The number of rotatable bonds is 6. The Hall–Kier alpha value is -2.40. The van der Waals surface area contributed by atoms with Gasteiger partial charge < -0.3 is 15.8 Å². The van der Waals surface area contributed by atoms with Crippen LogP contribution in [-0.2, 0) is 17.8 Å². The van der Waals surface area contributed by atoms with Crippen LogP contribution in [0.3, 0.4) is 0 Å². The highest BCUT2D eigenvalue weighted by Gasteiger charge is 2.20. The van der Waals surface area contributed by atoms with Crippen molar-refractivity contribution in [2.45, 2.75) is 31.8 Å². The van der Waals surface area contributed by atoms with Crippen LogP contribution in [-0.4, -0.2) is 12.5 Å². The van der Waals surface area contributed by atoms with Gasteiger partial charge in [0, 0.05) is 12.6 Å². The first-order chi connectivity index (χ1) is 11.6. The summed E-state index contributed by atoms with van der Waals surface area (Å²) < 4.78 is 18.7. The van der Waals surface area contributed by atoms with Gasteiger partial charge in [0.25, 0.3) is 5.91 Å². The first kappa shape index (κ1) is 16.5. The normalized spacial score (nSPS) is 16.5. The number of halogens is 1. The Labute approximate surface area is 140 Å². The summed E-state index contributed by atoms with van der Waals surface area (Å²) in [6, 6.07) is 12.8. The van der Waals surface area contributed by atoms with Gasteiger partial charge in [0.15, 0.2) is 6.61 Å². The van der Waals surface area contributed by atoms with E-state index in [1.807, 2.05) is 24.3 Å². The Morgan fingerprint density at radius 1 is 1.29 bits per heavy atom. The number of aryl methyl sites for hydroxylation is 1. The zero-order valence-electron chi connectivity index (χ0n) is 13.4. The van der Waals surface area contributed by atoms with Crippen LogP contribution in [0.1, 0.15) is 35.6 Å². The van der Waals surface area contributed by atoms with Crippen molar-refractivity contribution >= 4 is 5.91 Å². The number of ether oxygens (including phenoxy) is 1. The Morgan fingerprint density at radius 3 is 3.00 bits per heavy atom. The van der Waals surface area contributed by atoms with Crippen LogP contribution in [0.5, 0.6) is 5.75 Å². The van der Waals surface area contributed by atoms with Crippen molar-refractivity contribution in [2.24, 2.45) is 5.73 Å². The van der Waals surface area contributed by atoms with Gasteiger partial charge in [-0.05, 0) is 60.2 Å². The fourth-order valence-electron chi connectivity index (χ4n) is 3.14. The Bertz CT molecular complexity index is 733. The number of nitrogens with two attached hydrogens (primary N) is 1. The minimum absolute atomic E-state index is 0.127. The topological polar surface area (TPSA) is 64.4 Å². The first-order valence-electron chi connectivity index (χ1n) is 8.13. The number of hydrogen-bond acceptors (Lipinski definition) is 3. The lowest BCUT2D eigenvalue weighted by molar-refractivity contribution is -0.119. The molecule has 5 heteroatoms. The smallest absolute Gasteiger partial charge is 0.255 e. The van der Waals surface area contributed by atoms with Crippen LogP contribution in [0.25, 0.3) is 0 Å². The lowest BCUT2D eigenvalue weighted by Gasteiger charge is -2.26. The zero-order valence-corrected chi connectivity index (χ0v) is 13.4. The highest BCUT2D eigenvalue weighted by atomic mass is 19.1. The molecule has 0 bridgehead atoms. The summed E-state index contributed by atoms with van der Waals surface area (Å²) in [5, 5.41) is 3.54. The van der Waals surface area contributed by atoms with Gasteiger partial charge >= 0.3 is 0 Å². The molecule has 0 saturated carbocycles. The number of carbonyl (C=O) groups excluding carboxylic acids is 1. The van der Waals surface area contributed by atoms with Crippen LogP contribution in [0.2, 0.25) is 0 Å². The zero-order chi connectivity index (χ0) is 16.9. The minimum Gasteiger partial charge on any atom is -0.484 e. The van der Waals surface area contributed by atoms with E-state index in [9.17, 15) is 9.18 Å². The molecule has 2 aromatic carbocycles. The van der Waals surface area contributed by atoms with Crippen LogP contribution < -0.4 is 15.8 Å². The first-order valence-corrected chi connectivity index (χ1v) is 8.13. The molecule has 1 aliphatic carbocycles. The van der Waals surface area contributed by atoms with Gasteiger partial charge in [-0.1, -0.05) is 18.2 Å². The predicted octanol–water partition coefficient (Wildman–Crippen LogP) is 2.86. The monoisotopic (exact) mass is 328 g/mol. The van der Waals surface area contributed by atoms with E-state index in [2.05, 4.69) is 5.32 Å². The van der Waals surface area contributed by atoms with Crippen molar-refractivity contribution in [3.8, 4) is 5.75 Å². The molecule has 0 unspecified atom stereocenters. The second kappa shape index (κ2) is 7.45. The highest BCUT2D eigenvalue weighted by Crippen LogP contribution is 2.30. The summed E-state index contributed by atoms with van der Waals surface area (Å²) in [4.78, 5) is 10.8. The van der Waals surface area contributed by atoms with Gasteiger partial charge in [0.1, 0.15) is 11.6 Å². The molecule has 1 aliphatic rings. The Kier molecular flexibility index (Phi) is 5.11. The van der Waals surface area contributed by atoms with Gasteiger partial charge in [-0.15, -0.1) is 0 Å². The quantitative estimate of drug-likeness (QED) is 0.857. The maximum absolute atomic E-state index is 13.4. The molecule has 126 valence electrons. The summed E-state index contributed by atoms with van der Waals surface area (Å²) in [7, 11) is 0. The number of hydrogen-bond donors (Lipinski definition) is 2. The van der Waals surface area contributed by atoms with Gasteiger partial charge in [-0.3, -0.25) is 4.79 Å². The second-order valence-electron chi connectivity index (χ2n) is 6.07. The molecule has 24 heavy (non-hydrogen) atoms. The molecule has 0 aromatic heterocycles. The van der Waals surface area contributed by atoms with Crippen molar-refractivity contribution in [1.29, 1.82) is 0 Å². The molecule has 4 nitrogen and oxygen atoms in total. The highest BCUT2D eigenvalue weighted by molar-refractivity contribution is 5.75. The standard InChI is InChI=1S/C19H21FN2O2/c20-15-7-8-17-14(10-15)4-2-6-18(17)22-11-13-3-1-5-16(9-13)24-12-19(21)23/h1,3,5,7-10,18,22H,2,4,6,11-12H2,(H2,21,23)/t18-/m1/s1. The van der Waals surface area contributed by atoms with Crippen molar-refractivity contribution in [1.82, 2.24) is 5.32 Å². The van der Waals surface area contributed by atoms with E-state index in [4.69, 9.17) is 10.5 Å². The summed E-state index contributed by atoms with van der Waals surface area (Å²) >= 11 is 0. The van der Waals surface area contributed by atoms with E-state index in [1.54, 1.807) is 12.1 Å². The molecule has 0 radical (unpaired) electrons. The third-order valence-corrected chi connectivity index (χ3v) is 4.25. The summed E-state index contributed by atoms with van der Waals surface area (Å²) in [6.45, 7) is 0.549. The average Bonchev–Trinajstić information content (AvgIpc) is 2.58. The molecular formula is C19H21FN2O2. The molecule has 0 fully saturated rings. The van der Waals surface area contributed by atoms with E-state index in [1.165, 1.54) is 11.6 Å². The van der Waals surface area contributed by atoms with E-state index < -0.39 is 5.91 Å². The van der Waals surface area contributed by atoms with Crippen LogP contribution in [0, 0.1) is 5.82 Å². The van der Waals surface area contributed by atoms with Crippen molar-refractivity contribution in [3.63, 3.8) is 0 Å². The molecule has 0 saturated heterocycles. The molecule has 1 atom stereocenters. The molecule has 3 N–H and O–H groups in total. The second-order valence-corrected chi connectivity index (χ2v) is 6.07. The largest absolute Gasteiger partial charge is 0.484 e. The van der Waals surface area contributed by atoms with E-state index >= 15 is 0 Å². The number of amides is 1. The Balaban J connectivity index is 1.64. The van der Waals surface area contributed by atoms with Crippen LogP contribution in [0.4, 0.5) is 4.39 Å². The molecule has 2 aromatic rings. The molecular weight excluding hydrogens is 307 g/mol. The number of fused-ring (bicyclic) bond motifs is 1. The molecule has 1 amide bonds. The molecule has 3 rings (SSSR count). The Morgan fingerprint density at radius 2 is 2.17 bits per heavy atom. The SMILES string of the molecule is NC(=O)COc1cccc(CN[C@@H]2CCCc3cc(F)ccc32)c1. The molecule has 0 aliphatic heterocycles. The van der Waals surface area contributed by atoms with Crippen molar-refractivity contribution in [2.75, 3.05) is 6.61 Å². The summed E-state index contributed by atoms with van der Waals surface area (Å²) in [5.74, 6) is -0.0440. The van der Waals surface area contributed by atoms with E-state index in [0.29, 0.717) is 12.3 Å². The number of carbonyl (C=O) groups is 1. The number of primary amides is 1. The predicted molar refractivity (Wildman–Crippen MR) is 90.1 cm³/mol. The third kappa shape index (κ3) is 4.11. The summed E-state index contributed by atoms with van der Waals surface area (Å²) in [6.07, 6.45) is 3.02. The van der Waals surface area contributed by atoms with Gasteiger partial charge in [-0.2, -0.15) is 0 Å². The maximum atomic E-state index is 13.4. The van der Waals surface area contributed by atoms with Crippen molar-refractivity contribution < 1.29 is 13.9 Å². The summed E-state index contributed by atoms with van der Waals surface area (Å²) in [5.41, 5.74) is 8.43. The lowest BCUT2D eigenvalue weighted by atomic mass is 9.87. The number of benzene rings is 2. The van der Waals surface area contributed by atoms with Gasteiger partial charge in [-0.25, -0.2) is 4.39 Å². The van der Waals surface area contributed by atoms with Gasteiger partial charge in [0.05, 0.1) is 0 Å². The van der Waals surface area contributed by atoms with E-state index in [0.717, 1.165) is 30.4 Å². The fraction of sp³-hybridized carbons (Fsp3) is 0.316. The van der Waals surface area contributed by atoms with Crippen LogP contribution in [0.15, 0.2) is 42.5 Å². The van der Waals surface area contributed by atoms with Crippen LogP contribution >= 0.6 is 0 Å².